The summed E-state index contributed by atoms with van der Waals surface area (Å²) in [4.78, 5) is 29.3. The number of nitrogens with zero attached hydrogens (tertiary/aromatic N) is 2. The van der Waals surface area contributed by atoms with E-state index in [0.29, 0.717) is 51.9 Å². The van der Waals surface area contributed by atoms with Crippen molar-refractivity contribution < 1.29 is 19.1 Å². The number of rotatable bonds is 6. The molecule has 2 saturated heterocycles. The van der Waals surface area contributed by atoms with Gasteiger partial charge in [0.15, 0.2) is 0 Å². The first-order valence-corrected chi connectivity index (χ1v) is 10.0. The summed E-state index contributed by atoms with van der Waals surface area (Å²) in [6.07, 6.45) is 2.59. The molecule has 0 radical (unpaired) electrons. The van der Waals surface area contributed by atoms with Gasteiger partial charge in [0.05, 0.1) is 7.11 Å². The summed E-state index contributed by atoms with van der Waals surface area (Å²) in [5.41, 5.74) is 0.419. The lowest BCUT2D eigenvalue weighted by Gasteiger charge is -2.42. The molecule has 2 heterocycles. The van der Waals surface area contributed by atoms with Crippen LogP contribution < -0.4 is 10.1 Å². The van der Waals surface area contributed by atoms with Crippen molar-refractivity contribution in [1.82, 2.24) is 15.1 Å². The van der Waals surface area contributed by atoms with Crippen LogP contribution in [0.1, 0.15) is 24.8 Å². The lowest BCUT2D eigenvalue weighted by molar-refractivity contribution is -0.161. The minimum absolute atomic E-state index is 0.0711. The van der Waals surface area contributed by atoms with Crippen molar-refractivity contribution in [2.45, 2.75) is 31.3 Å². The number of hydrogen-bond donors (Lipinski definition) is 1. The second-order valence-corrected chi connectivity index (χ2v) is 7.47. The molecule has 7 heteroatoms. The molecule has 28 heavy (non-hydrogen) atoms. The van der Waals surface area contributed by atoms with Gasteiger partial charge >= 0.3 is 0 Å². The number of carbonyl (C=O) groups excluding carboxylic acids is 2. The van der Waals surface area contributed by atoms with Crippen LogP contribution in [0.3, 0.4) is 0 Å². The lowest BCUT2D eigenvalue weighted by atomic mass is 9.90. The molecule has 2 amide bonds. The van der Waals surface area contributed by atoms with Crippen LogP contribution in [0, 0.1) is 0 Å². The Balaban J connectivity index is 1.47. The van der Waals surface area contributed by atoms with E-state index in [-0.39, 0.29) is 11.8 Å². The normalized spacial score (nSPS) is 19.4. The number of ether oxygens (including phenoxy) is 2. The first-order valence-electron chi connectivity index (χ1n) is 10.0. The van der Waals surface area contributed by atoms with E-state index < -0.39 is 5.60 Å². The Labute approximate surface area is 167 Å². The Kier molecular flexibility index (Phi) is 6.91. The minimum atomic E-state index is -0.703. The summed E-state index contributed by atoms with van der Waals surface area (Å²) in [7, 11) is 3.27. The zero-order valence-corrected chi connectivity index (χ0v) is 16.9. The molecule has 0 saturated carbocycles. The number of hydrogen-bond acceptors (Lipinski definition) is 5. The predicted octanol–water partition coefficient (Wildman–Crippen LogP) is 1.07. The fraction of sp³-hybridized carbons (Fsp3) is 0.619. The van der Waals surface area contributed by atoms with Gasteiger partial charge in [0.1, 0.15) is 11.4 Å². The molecule has 0 spiro atoms. The Morgan fingerprint density at radius 1 is 1.00 bits per heavy atom. The van der Waals surface area contributed by atoms with Gasteiger partial charge in [0.2, 0.25) is 5.91 Å². The highest BCUT2D eigenvalue weighted by Crippen LogP contribution is 2.26. The number of methoxy groups -OCH3 is 2. The number of piperidine rings is 1. The summed E-state index contributed by atoms with van der Waals surface area (Å²) < 4.78 is 10.8. The molecule has 1 aromatic rings. The third-order valence-corrected chi connectivity index (χ3v) is 5.90. The number of benzene rings is 1. The van der Waals surface area contributed by atoms with Gasteiger partial charge in [-0.1, -0.05) is 12.1 Å². The van der Waals surface area contributed by atoms with E-state index in [9.17, 15) is 9.59 Å². The average Bonchev–Trinajstić information content (AvgIpc) is 2.77. The molecule has 0 bridgehead atoms. The fourth-order valence-electron chi connectivity index (χ4n) is 3.98. The van der Waals surface area contributed by atoms with Crippen molar-refractivity contribution in [3.63, 3.8) is 0 Å². The van der Waals surface area contributed by atoms with Crippen LogP contribution in [0.25, 0.3) is 0 Å². The summed E-state index contributed by atoms with van der Waals surface area (Å²) in [5, 5.41) is 3.28. The van der Waals surface area contributed by atoms with Crippen LogP contribution in [0.15, 0.2) is 24.3 Å². The maximum atomic E-state index is 13.0. The summed E-state index contributed by atoms with van der Waals surface area (Å²) >= 11 is 0. The summed E-state index contributed by atoms with van der Waals surface area (Å²) in [5.74, 6) is 1.03. The van der Waals surface area contributed by atoms with Crippen LogP contribution in [-0.4, -0.2) is 80.7 Å². The molecule has 2 fully saturated rings. The standard InChI is InChI=1S/C21H31N3O4/c1-27-18-6-3-17(4-7-18)5-8-19(25)23-13-15-24(16-14-23)20(26)21(28-2)9-11-22-12-10-21/h3-4,6-7,22H,5,8-16H2,1-2H3. The van der Waals surface area contributed by atoms with Crippen LogP contribution in [0.5, 0.6) is 5.75 Å². The number of carbonyl (C=O) groups is 2. The first-order chi connectivity index (χ1) is 13.6. The van der Waals surface area contributed by atoms with Gasteiger partial charge in [0.25, 0.3) is 5.91 Å². The largest absolute Gasteiger partial charge is 0.497 e. The Morgan fingerprint density at radius 3 is 2.18 bits per heavy atom. The maximum absolute atomic E-state index is 13.0. The van der Waals surface area contributed by atoms with E-state index in [2.05, 4.69) is 5.32 Å². The second kappa shape index (κ2) is 9.39. The van der Waals surface area contributed by atoms with E-state index in [0.717, 1.165) is 24.4 Å². The monoisotopic (exact) mass is 389 g/mol. The van der Waals surface area contributed by atoms with Crippen molar-refractivity contribution in [3.8, 4) is 5.75 Å². The van der Waals surface area contributed by atoms with Crippen molar-refractivity contribution in [1.29, 1.82) is 0 Å². The summed E-state index contributed by atoms with van der Waals surface area (Å²) in [6.45, 7) is 3.92. The SMILES string of the molecule is COc1ccc(CCC(=O)N2CCN(C(=O)C3(OC)CCNCC3)CC2)cc1. The van der Waals surface area contributed by atoms with E-state index in [1.807, 2.05) is 34.1 Å². The average molecular weight is 389 g/mol. The molecular weight excluding hydrogens is 358 g/mol. The molecule has 0 atom stereocenters. The zero-order chi connectivity index (χ0) is 20.0. The van der Waals surface area contributed by atoms with Gasteiger partial charge in [-0.2, -0.15) is 0 Å². The minimum Gasteiger partial charge on any atom is -0.497 e. The molecule has 1 N–H and O–H groups in total. The number of piperazine rings is 1. The smallest absolute Gasteiger partial charge is 0.255 e. The van der Waals surface area contributed by atoms with E-state index in [1.54, 1.807) is 14.2 Å². The topological polar surface area (TPSA) is 71.1 Å². The molecule has 2 aliphatic heterocycles. The molecule has 7 nitrogen and oxygen atoms in total. The molecule has 3 rings (SSSR count). The van der Waals surface area contributed by atoms with E-state index >= 15 is 0 Å². The van der Waals surface area contributed by atoms with Gasteiger partial charge in [-0.15, -0.1) is 0 Å². The predicted molar refractivity (Wildman–Crippen MR) is 106 cm³/mol. The van der Waals surface area contributed by atoms with E-state index in [1.165, 1.54) is 0 Å². The Morgan fingerprint density at radius 2 is 1.61 bits per heavy atom. The van der Waals surface area contributed by atoms with Crippen molar-refractivity contribution in [2.75, 3.05) is 53.5 Å². The van der Waals surface area contributed by atoms with Crippen LogP contribution >= 0.6 is 0 Å². The van der Waals surface area contributed by atoms with Crippen molar-refractivity contribution in [3.05, 3.63) is 29.8 Å². The highest BCUT2D eigenvalue weighted by molar-refractivity contribution is 5.86. The van der Waals surface area contributed by atoms with Crippen molar-refractivity contribution >= 4 is 11.8 Å². The quantitative estimate of drug-likeness (QED) is 0.788. The molecule has 154 valence electrons. The molecule has 0 unspecified atom stereocenters. The molecule has 0 aliphatic carbocycles. The third kappa shape index (κ3) is 4.64. The fourth-order valence-corrected chi connectivity index (χ4v) is 3.98. The van der Waals surface area contributed by atoms with Gasteiger partial charge in [0, 0.05) is 39.7 Å². The molecular formula is C21H31N3O4. The molecule has 0 aromatic heterocycles. The number of aryl methyl sites for hydroxylation is 1. The summed E-state index contributed by atoms with van der Waals surface area (Å²) in [6, 6.07) is 7.81. The zero-order valence-electron chi connectivity index (χ0n) is 16.9. The van der Waals surface area contributed by atoms with Gasteiger partial charge in [-0.25, -0.2) is 0 Å². The van der Waals surface area contributed by atoms with Gasteiger partial charge in [-0.3, -0.25) is 9.59 Å². The maximum Gasteiger partial charge on any atom is 0.255 e. The Hall–Kier alpha value is -2.12. The lowest BCUT2D eigenvalue weighted by Crippen LogP contribution is -2.59. The van der Waals surface area contributed by atoms with Crippen LogP contribution in [-0.2, 0) is 20.7 Å². The first kappa shape index (κ1) is 20.6. The molecule has 2 aliphatic rings. The number of nitrogens with one attached hydrogen (secondary N) is 1. The van der Waals surface area contributed by atoms with Crippen LogP contribution in [0.2, 0.25) is 0 Å². The third-order valence-electron chi connectivity index (χ3n) is 5.90. The highest BCUT2D eigenvalue weighted by Gasteiger charge is 2.43. The van der Waals surface area contributed by atoms with E-state index in [4.69, 9.17) is 9.47 Å². The van der Waals surface area contributed by atoms with Gasteiger partial charge < -0.3 is 24.6 Å². The van der Waals surface area contributed by atoms with Crippen LogP contribution in [0.4, 0.5) is 0 Å². The van der Waals surface area contributed by atoms with Gasteiger partial charge in [-0.05, 0) is 50.0 Å². The second-order valence-electron chi connectivity index (χ2n) is 7.47. The highest BCUT2D eigenvalue weighted by atomic mass is 16.5. The Bertz CT molecular complexity index is 663. The molecule has 1 aromatic carbocycles. The van der Waals surface area contributed by atoms with Crippen molar-refractivity contribution in [2.24, 2.45) is 0 Å². The number of amides is 2.